The van der Waals surface area contributed by atoms with E-state index in [1.54, 1.807) is 12.3 Å². The predicted octanol–water partition coefficient (Wildman–Crippen LogP) is 3.72. The molecule has 3 aliphatic carbocycles. The predicted molar refractivity (Wildman–Crippen MR) is 128 cm³/mol. The van der Waals surface area contributed by atoms with Crippen molar-refractivity contribution < 1.29 is 34.4 Å². The van der Waals surface area contributed by atoms with Crippen molar-refractivity contribution >= 4 is 17.3 Å². The third kappa shape index (κ3) is 3.35. The van der Waals surface area contributed by atoms with Crippen LogP contribution in [-0.4, -0.2) is 43.6 Å². The van der Waals surface area contributed by atoms with Crippen molar-refractivity contribution in [1.82, 2.24) is 5.32 Å². The lowest BCUT2D eigenvalue weighted by Gasteiger charge is -2.46. The largest absolute Gasteiger partial charge is 0.508 e. The van der Waals surface area contributed by atoms with Gasteiger partial charge in [-0.15, -0.1) is 0 Å². The molecule has 1 fully saturated rings. The normalized spacial score (nSPS) is 26.2. The zero-order chi connectivity index (χ0) is 25.2. The number of hydrogen-bond acceptors (Lipinski definition) is 8. The highest BCUT2D eigenvalue weighted by atomic mass is 16.3. The lowest BCUT2D eigenvalue weighted by atomic mass is 9.59. The van der Waals surface area contributed by atoms with Crippen molar-refractivity contribution in [2.24, 2.45) is 11.8 Å². The van der Waals surface area contributed by atoms with Gasteiger partial charge in [0.1, 0.15) is 23.0 Å². The number of benzene rings is 1. The molecule has 0 amide bonds. The first-order chi connectivity index (χ1) is 16.6. The number of phenols is 1. The fourth-order valence-electron chi connectivity index (χ4n) is 5.75. The van der Waals surface area contributed by atoms with Crippen LogP contribution in [0.25, 0.3) is 17.1 Å². The molecule has 1 saturated carbocycles. The highest BCUT2D eigenvalue weighted by Gasteiger charge is 2.59. The van der Waals surface area contributed by atoms with Gasteiger partial charge in [-0.2, -0.15) is 0 Å². The number of Topliss-reactive ketones (excluding diaryl/α,β-unsaturated/α-hetero) is 2. The molecular weight excluding hydrogens is 450 g/mol. The molecule has 8 heteroatoms. The SMILES string of the molecule is CC1=C(O)[C@@]2(O)C(=O)C3=C(O)c4c(O)ccc(-c5occc5CNC(C)C)c4CC3C[C@H]2CC1=O. The van der Waals surface area contributed by atoms with Gasteiger partial charge in [0.25, 0.3) is 0 Å². The number of phenolic OH excluding ortho intramolecular Hbond substituents is 1. The second-order valence-electron chi connectivity index (χ2n) is 10.1. The summed E-state index contributed by atoms with van der Waals surface area (Å²) < 4.78 is 5.81. The minimum atomic E-state index is -2.26. The maximum absolute atomic E-state index is 13.5. The Morgan fingerprint density at radius 2 is 1.89 bits per heavy atom. The third-order valence-corrected chi connectivity index (χ3v) is 7.65. The van der Waals surface area contributed by atoms with E-state index < -0.39 is 34.7 Å². The number of ketones is 2. The Morgan fingerprint density at radius 3 is 2.60 bits per heavy atom. The van der Waals surface area contributed by atoms with Crippen LogP contribution in [0.5, 0.6) is 5.75 Å². The molecule has 0 spiro atoms. The molecule has 1 aromatic carbocycles. The summed E-state index contributed by atoms with van der Waals surface area (Å²) in [6.07, 6.45) is 2.04. The fourth-order valence-corrected chi connectivity index (χ4v) is 5.75. The first kappa shape index (κ1) is 23.4. The van der Waals surface area contributed by atoms with Crippen molar-refractivity contribution in [3.8, 4) is 17.1 Å². The number of carbonyl (C=O) groups excluding carboxylic acids is 2. The number of aliphatic hydroxyl groups is 3. The number of hydrogen-bond donors (Lipinski definition) is 5. The molecule has 1 aromatic heterocycles. The molecule has 1 heterocycles. The average Bonchev–Trinajstić information content (AvgIpc) is 3.27. The summed E-state index contributed by atoms with van der Waals surface area (Å²) in [5, 5.41) is 47.2. The minimum absolute atomic E-state index is 0.0291. The van der Waals surface area contributed by atoms with Crippen LogP contribution in [0.15, 0.2) is 45.8 Å². The summed E-state index contributed by atoms with van der Waals surface area (Å²) in [6.45, 7) is 6.02. The number of aliphatic hydroxyl groups excluding tert-OH is 2. The number of nitrogens with one attached hydrogen (secondary N) is 1. The van der Waals surface area contributed by atoms with Gasteiger partial charge in [0.05, 0.1) is 11.8 Å². The van der Waals surface area contributed by atoms with E-state index in [0.29, 0.717) is 29.9 Å². The zero-order valence-corrected chi connectivity index (χ0v) is 19.9. The van der Waals surface area contributed by atoms with Crippen LogP contribution in [0.4, 0.5) is 0 Å². The molecule has 5 N–H and O–H groups in total. The van der Waals surface area contributed by atoms with Crippen LogP contribution in [-0.2, 0) is 22.6 Å². The Labute approximate surface area is 202 Å². The maximum Gasteiger partial charge on any atom is 0.202 e. The Bertz CT molecular complexity index is 1310. The van der Waals surface area contributed by atoms with Crippen molar-refractivity contribution in [2.45, 2.75) is 58.2 Å². The number of carbonyl (C=O) groups is 2. The first-order valence-corrected chi connectivity index (χ1v) is 11.8. The van der Waals surface area contributed by atoms with Crippen molar-refractivity contribution in [3.05, 3.63) is 58.1 Å². The molecule has 1 unspecified atom stereocenters. The molecule has 184 valence electrons. The molecule has 3 atom stereocenters. The Balaban J connectivity index is 1.65. The third-order valence-electron chi connectivity index (χ3n) is 7.65. The smallest absolute Gasteiger partial charge is 0.202 e. The van der Waals surface area contributed by atoms with Crippen molar-refractivity contribution in [1.29, 1.82) is 0 Å². The lowest BCUT2D eigenvalue weighted by molar-refractivity contribution is -0.147. The van der Waals surface area contributed by atoms with E-state index in [0.717, 1.165) is 5.56 Å². The molecule has 5 rings (SSSR count). The fraction of sp³-hybridized carbons (Fsp3) is 0.407. The van der Waals surface area contributed by atoms with Crippen molar-refractivity contribution in [3.63, 3.8) is 0 Å². The van der Waals surface area contributed by atoms with Crippen LogP contribution in [0, 0.1) is 11.8 Å². The summed E-state index contributed by atoms with van der Waals surface area (Å²) in [5.41, 5.74) is 0.0256. The molecule has 0 saturated heterocycles. The van der Waals surface area contributed by atoms with E-state index in [1.807, 2.05) is 19.9 Å². The van der Waals surface area contributed by atoms with Gasteiger partial charge in [-0.3, -0.25) is 9.59 Å². The molecule has 2 aromatic rings. The van der Waals surface area contributed by atoms with E-state index in [1.165, 1.54) is 13.0 Å². The molecule has 3 aliphatic rings. The van der Waals surface area contributed by atoms with Gasteiger partial charge in [0, 0.05) is 47.2 Å². The quantitative estimate of drug-likeness (QED) is 0.447. The van der Waals surface area contributed by atoms with E-state index in [4.69, 9.17) is 4.42 Å². The lowest BCUT2D eigenvalue weighted by Crippen LogP contribution is -2.57. The Kier molecular flexibility index (Phi) is 5.41. The van der Waals surface area contributed by atoms with Gasteiger partial charge in [-0.1, -0.05) is 13.8 Å². The van der Waals surface area contributed by atoms with E-state index in [9.17, 15) is 30.0 Å². The second kappa shape index (κ2) is 8.10. The average molecular weight is 480 g/mol. The highest BCUT2D eigenvalue weighted by molar-refractivity contribution is 6.13. The summed E-state index contributed by atoms with van der Waals surface area (Å²) in [6, 6.07) is 5.30. The molecule has 0 bridgehead atoms. The van der Waals surface area contributed by atoms with E-state index in [2.05, 4.69) is 5.32 Å². The Morgan fingerprint density at radius 1 is 1.14 bits per heavy atom. The minimum Gasteiger partial charge on any atom is -0.508 e. The maximum atomic E-state index is 13.5. The summed E-state index contributed by atoms with van der Waals surface area (Å²) in [4.78, 5) is 25.9. The molecule has 8 nitrogen and oxygen atoms in total. The summed E-state index contributed by atoms with van der Waals surface area (Å²) in [7, 11) is 0. The topological polar surface area (TPSA) is 140 Å². The van der Waals surface area contributed by atoms with E-state index in [-0.39, 0.29) is 47.1 Å². The Hall–Kier alpha value is -3.36. The molecule has 0 radical (unpaired) electrons. The van der Waals surface area contributed by atoms with E-state index >= 15 is 0 Å². The number of aromatic hydroxyl groups is 1. The zero-order valence-electron chi connectivity index (χ0n) is 19.9. The molecule has 35 heavy (non-hydrogen) atoms. The number of furan rings is 1. The first-order valence-electron chi connectivity index (χ1n) is 11.8. The van der Waals surface area contributed by atoms with Gasteiger partial charge in [-0.05, 0) is 49.4 Å². The van der Waals surface area contributed by atoms with Crippen LogP contribution in [0.1, 0.15) is 50.3 Å². The van der Waals surface area contributed by atoms with Crippen LogP contribution < -0.4 is 5.32 Å². The van der Waals surface area contributed by atoms with Gasteiger partial charge in [0.2, 0.25) is 5.78 Å². The van der Waals surface area contributed by atoms with Gasteiger partial charge < -0.3 is 30.2 Å². The molecular formula is C27H29NO7. The number of fused-ring (bicyclic) bond motifs is 3. The van der Waals surface area contributed by atoms with Crippen LogP contribution >= 0.6 is 0 Å². The summed E-state index contributed by atoms with van der Waals surface area (Å²) >= 11 is 0. The summed E-state index contributed by atoms with van der Waals surface area (Å²) in [5.74, 6) is -3.08. The van der Waals surface area contributed by atoms with Crippen LogP contribution in [0.2, 0.25) is 0 Å². The highest BCUT2D eigenvalue weighted by Crippen LogP contribution is 2.53. The van der Waals surface area contributed by atoms with Gasteiger partial charge >= 0.3 is 0 Å². The number of rotatable bonds is 4. The molecule has 0 aliphatic heterocycles. The van der Waals surface area contributed by atoms with Gasteiger partial charge in [-0.25, -0.2) is 0 Å². The standard InChI is InChI=1S/C27H29NO7/c1-12(2)28-11-14-6-7-35-24(14)17-4-5-19(29)22-18(17)9-15-8-16-10-20(30)13(3)25(32)27(16,34)26(33)21(15)23(22)31/h4-7,12,15-16,28-29,31-32,34H,8-11H2,1-3H3/t15?,16-,27+/m0/s1. The van der Waals surface area contributed by atoms with Crippen molar-refractivity contribution in [2.75, 3.05) is 0 Å². The second-order valence-corrected chi connectivity index (χ2v) is 10.1. The van der Waals surface area contributed by atoms with Gasteiger partial charge in [0.15, 0.2) is 11.4 Å². The number of allylic oxidation sites excluding steroid dienone is 1. The monoisotopic (exact) mass is 479 g/mol. The van der Waals surface area contributed by atoms with Crippen LogP contribution in [0.3, 0.4) is 0 Å².